The van der Waals surface area contributed by atoms with Crippen molar-refractivity contribution < 1.29 is 52.2 Å². The molecule has 2 aliphatic heterocycles. The third kappa shape index (κ3) is 5.50. The minimum Gasteiger partial charge on any atom is -0.507 e. The van der Waals surface area contributed by atoms with Crippen LogP contribution in [0.25, 0.3) is 0 Å². The highest BCUT2D eigenvalue weighted by Crippen LogP contribution is 2.37. The van der Waals surface area contributed by atoms with Crippen LogP contribution in [-0.2, 0) is 38.7 Å². The van der Waals surface area contributed by atoms with Gasteiger partial charge < -0.3 is 36.1 Å². The number of carboxylic acids is 3. The van der Waals surface area contributed by atoms with Gasteiger partial charge in [-0.05, 0) is 19.2 Å². The number of carbonyl (C=O) groups is 4. The molecule has 3 rings (SSSR count). The lowest BCUT2D eigenvalue weighted by molar-refractivity contribution is -0.157. The van der Waals surface area contributed by atoms with Crippen LogP contribution in [0.1, 0.15) is 39.0 Å². The first-order valence-electron chi connectivity index (χ1n) is 11.5. The van der Waals surface area contributed by atoms with Crippen LogP contribution in [0.2, 0.25) is 6.32 Å². The van der Waals surface area contributed by atoms with Crippen LogP contribution in [0.15, 0.2) is 0 Å². The van der Waals surface area contributed by atoms with Gasteiger partial charge in [-0.25, -0.2) is 0 Å². The third-order valence-electron chi connectivity index (χ3n) is 6.93. The molecule has 2 heterocycles. The molecule has 3 aliphatic rings. The topological polar surface area (TPSA) is 240 Å². The Labute approximate surface area is 208 Å². The van der Waals surface area contributed by atoms with E-state index in [0.717, 1.165) is 4.31 Å². The molecular formula is C19H31BN4O11S. The molecule has 1 aliphatic carbocycles. The predicted molar refractivity (Wildman–Crippen MR) is 122 cm³/mol. The van der Waals surface area contributed by atoms with Crippen LogP contribution in [0.5, 0.6) is 0 Å². The van der Waals surface area contributed by atoms with Gasteiger partial charge in [0.05, 0.1) is 12.8 Å². The van der Waals surface area contributed by atoms with Gasteiger partial charge in [-0.15, -0.1) is 0 Å². The molecule has 15 nitrogen and oxygen atoms in total. The van der Waals surface area contributed by atoms with Gasteiger partial charge in [-0.1, -0.05) is 13.3 Å². The summed E-state index contributed by atoms with van der Waals surface area (Å²) in [7, 11) is -5.24. The van der Waals surface area contributed by atoms with Crippen LogP contribution in [0.3, 0.4) is 0 Å². The van der Waals surface area contributed by atoms with Gasteiger partial charge in [-0.3, -0.25) is 19.2 Å². The summed E-state index contributed by atoms with van der Waals surface area (Å²) in [4.78, 5) is 46.6. The van der Waals surface area contributed by atoms with Crippen molar-refractivity contribution in [3.8, 4) is 0 Å². The molecule has 0 bridgehead atoms. The Morgan fingerprint density at radius 1 is 1.22 bits per heavy atom. The molecule has 0 amide bonds. The molecule has 0 unspecified atom stereocenters. The molecule has 0 aromatic rings. The van der Waals surface area contributed by atoms with Crippen molar-refractivity contribution in [2.75, 3.05) is 19.6 Å². The molecule has 0 spiro atoms. The molecule has 1 saturated carbocycles. The van der Waals surface area contributed by atoms with E-state index in [1.54, 1.807) is 6.92 Å². The van der Waals surface area contributed by atoms with Gasteiger partial charge >= 0.3 is 31.0 Å². The maximum absolute atomic E-state index is 13.2. The lowest BCUT2D eigenvalue weighted by atomic mass is 9.78. The van der Waals surface area contributed by atoms with Gasteiger partial charge in [0.2, 0.25) is 0 Å². The number of carbonyl (C=O) groups excluding carboxylic acids is 1. The van der Waals surface area contributed by atoms with E-state index in [9.17, 15) is 32.7 Å². The maximum Gasteiger partial charge on any atom is 0.528 e. The van der Waals surface area contributed by atoms with Crippen molar-refractivity contribution in [1.82, 2.24) is 8.61 Å². The number of hydrogen-bond acceptors (Lipinski definition) is 10. The van der Waals surface area contributed by atoms with E-state index in [0.29, 0.717) is 6.42 Å². The number of hydrogen-bond donors (Lipinski definition) is 5. The lowest BCUT2D eigenvalue weighted by Crippen LogP contribution is -2.55. The predicted octanol–water partition coefficient (Wildman–Crippen LogP) is -2.10. The molecule has 202 valence electrons. The van der Waals surface area contributed by atoms with Gasteiger partial charge in [0, 0.05) is 37.6 Å². The van der Waals surface area contributed by atoms with Crippen LogP contribution in [0.4, 0.5) is 0 Å². The van der Waals surface area contributed by atoms with Gasteiger partial charge in [0.1, 0.15) is 5.54 Å². The highest BCUT2D eigenvalue weighted by Gasteiger charge is 2.57. The highest BCUT2D eigenvalue weighted by atomic mass is 32.2. The molecule has 36 heavy (non-hydrogen) atoms. The minimum absolute atomic E-state index is 0.00366. The Kier molecular flexibility index (Phi) is 8.02. The summed E-state index contributed by atoms with van der Waals surface area (Å²) in [6.45, 7) is 1.27. The largest absolute Gasteiger partial charge is 0.528 e. The minimum atomic E-state index is -4.01. The highest BCUT2D eigenvalue weighted by molar-refractivity contribution is 7.86. The van der Waals surface area contributed by atoms with Crippen LogP contribution >= 0.6 is 0 Å². The summed E-state index contributed by atoms with van der Waals surface area (Å²) in [6.07, 6.45) is -0.955. The Morgan fingerprint density at radius 2 is 1.81 bits per heavy atom. The molecule has 0 aromatic heterocycles. The van der Waals surface area contributed by atoms with Crippen molar-refractivity contribution in [2.45, 2.75) is 68.6 Å². The molecule has 3 fully saturated rings. The van der Waals surface area contributed by atoms with Crippen molar-refractivity contribution in [3.05, 3.63) is 0 Å². The van der Waals surface area contributed by atoms with Gasteiger partial charge in [0.25, 0.3) is 10.2 Å². The summed E-state index contributed by atoms with van der Waals surface area (Å²) in [5.41, 5.74) is 7.97. The van der Waals surface area contributed by atoms with E-state index >= 15 is 0 Å². The van der Waals surface area contributed by atoms with Crippen molar-refractivity contribution in [2.24, 2.45) is 17.4 Å². The Hall–Kier alpha value is -2.31. The van der Waals surface area contributed by atoms with Gasteiger partial charge in [0.15, 0.2) is 5.60 Å². The second kappa shape index (κ2) is 10.2. The quantitative estimate of drug-likeness (QED) is 0.159. The summed E-state index contributed by atoms with van der Waals surface area (Å²) >= 11 is 0. The van der Waals surface area contributed by atoms with E-state index in [2.05, 4.69) is 0 Å². The summed E-state index contributed by atoms with van der Waals surface area (Å²) in [5.74, 6) is -6.13. The van der Waals surface area contributed by atoms with E-state index in [4.69, 9.17) is 31.0 Å². The zero-order valence-corrected chi connectivity index (χ0v) is 20.6. The molecule has 17 heteroatoms. The average Bonchev–Trinajstić information content (AvgIpc) is 3.22. The molecule has 4 atom stereocenters. The monoisotopic (exact) mass is 534 g/mol. The fraction of sp³-hybridized carbons (Fsp3) is 0.789. The third-order valence-corrected chi connectivity index (χ3v) is 8.98. The fourth-order valence-corrected chi connectivity index (χ4v) is 6.84. The standard InChI is InChI=1S/C19H31BN4O11S/c1-2-24(13-6-12(13)21)36(32,33)23-9-11(19(22,10-23)16(29)30)4-3-5-20-34-17(31)18(35-20,7-14(25)26)8-15(27)28/h11-13H,2-10,21-22H2,1H3,(H,25,26)(H,27,28)(H,29,30)/t11-,12+,13+,19-/m0/s1. The SMILES string of the molecule is CCN([C@@H]1C[C@H]1N)S(=O)(=O)N1C[C@H](CCCB2OC(=O)C(CC(=O)O)(CC(=O)O)O2)[C@](N)(C(=O)O)C1. The molecule has 2 saturated heterocycles. The van der Waals surface area contributed by atoms with Crippen LogP contribution < -0.4 is 11.5 Å². The van der Waals surface area contributed by atoms with Crippen molar-refractivity contribution in [1.29, 1.82) is 0 Å². The first-order chi connectivity index (χ1) is 16.7. The zero-order chi connectivity index (χ0) is 27.1. The van der Waals surface area contributed by atoms with Crippen molar-refractivity contribution in [3.63, 3.8) is 0 Å². The van der Waals surface area contributed by atoms with E-state index < -0.39 is 77.6 Å². The van der Waals surface area contributed by atoms with Gasteiger partial charge in [-0.2, -0.15) is 17.0 Å². The summed E-state index contributed by atoms with van der Waals surface area (Å²) < 4.78 is 39.1. The average molecular weight is 534 g/mol. The van der Waals surface area contributed by atoms with E-state index in [-0.39, 0.29) is 44.3 Å². The summed E-state index contributed by atoms with van der Waals surface area (Å²) in [5, 5.41) is 27.9. The zero-order valence-electron chi connectivity index (χ0n) is 19.7. The Balaban J connectivity index is 1.66. The molecule has 7 N–H and O–H groups in total. The number of likely N-dealkylation sites (N-methyl/N-ethyl adjacent to an activating group) is 1. The molecule has 0 radical (unpaired) electrons. The summed E-state index contributed by atoms with van der Waals surface area (Å²) in [6, 6.07) is -0.620. The van der Waals surface area contributed by atoms with E-state index in [1.807, 2.05) is 0 Å². The second-order valence-corrected chi connectivity index (χ2v) is 11.4. The first-order valence-corrected chi connectivity index (χ1v) is 12.9. The normalized spacial score (nSPS) is 29.9. The van der Waals surface area contributed by atoms with Crippen LogP contribution in [0, 0.1) is 5.92 Å². The molecule has 0 aromatic carbocycles. The number of aliphatic carboxylic acids is 3. The fourth-order valence-electron chi connectivity index (χ4n) is 4.89. The Morgan fingerprint density at radius 3 is 2.28 bits per heavy atom. The second-order valence-electron chi connectivity index (χ2n) is 9.53. The van der Waals surface area contributed by atoms with E-state index in [1.165, 1.54) is 4.31 Å². The first kappa shape index (κ1) is 28.3. The van der Waals surface area contributed by atoms with Crippen molar-refractivity contribution >= 4 is 41.2 Å². The number of carboxylic acid groups (broad SMARTS) is 3. The van der Waals surface area contributed by atoms with Crippen LogP contribution in [-0.4, -0.2) is 106 Å². The lowest BCUT2D eigenvalue weighted by Gasteiger charge is -2.27. The smallest absolute Gasteiger partial charge is 0.507 e. The number of rotatable bonds is 13. The number of nitrogens with zero attached hydrogens (tertiary/aromatic N) is 2. The maximum atomic E-state index is 13.2. The number of nitrogens with two attached hydrogens (primary N) is 2. The Bertz CT molecular complexity index is 1010. The molecular weight excluding hydrogens is 503 g/mol.